The molecule has 2 saturated heterocycles. The van der Waals surface area contributed by atoms with Gasteiger partial charge in [0.1, 0.15) is 11.6 Å². The Morgan fingerprint density at radius 1 is 0.870 bits per heavy atom. The molecule has 0 saturated carbocycles. The average Bonchev–Trinajstić information content (AvgIpc) is 3.56. The molecule has 46 heavy (non-hydrogen) atoms. The summed E-state index contributed by atoms with van der Waals surface area (Å²) in [6.45, 7) is 8.35. The Morgan fingerprint density at radius 3 is 2.13 bits per heavy atom. The number of piperidine rings is 1. The monoisotopic (exact) mass is 621 g/mol. The number of halogens is 1. The molecule has 3 heterocycles. The summed E-state index contributed by atoms with van der Waals surface area (Å²) in [7, 11) is 0. The predicted octanol–water partition coefficient (Wildman–Crippen LogP) is 8.21. The fourth-order valence-corrected chi connectivity index (χ4v) is 6.95. The number of benzene rings is 3. The van der Waals surface area contributed by atoms with Crippen LogP contribution < -0.4 is 10.6 Å². The molecule has 2 fully saturated rings. The van der Waals surface area contributed by atoms with E-state index in [0.717, 1.165) is 60.3 Å². The van der Waals surface area contributed by atoms with Gasteiger partial charge in [0, 0.05) is 35.7 Å². The van der Waals surface area contributed by atoms with Crippen LogP contribution in [0.4, 0.5) is 20.7 Å². The van der Waals surface area contributed by atoms with E-state index in [-0.39, 0.29) is 23.2 Å². The smallest absolute Gasteiger partial charge is 0.324 e. The van der Waals surface area contributed by atoms with Gasteiger partial charge in [-0.2, -0.15) is 5.10 Å². The average molecular weight is 622 g/mol. The fraction of sp³-hybridized carbons (Fsp3) is 0.395. The Hall–Kier alpha value is -4.46. The van der Waals surface area contributed by atoms with Crippen LogP contribution in [0.25, 0.3) is 5.69 Å². The lowest BCUT2D eigenvalue weighted by Crippen LogP contribution is -2.47. The van der Waals surface area contributed by atoms with Gasteiger partial charge in [0.25, 0.3) is 0 Å². The summed E-state index contributed by atoms with van der Waals surface area (Å²) in [4.78, 5) is 28.4. The Balaban J connectivity index is 1.03. The van der Waals surface area contributed by atoms with Crippen molar-refractivity contribution < 1.29 is 14.0 Å². The lowest BCUT2D eigenvalue weighted by atomic mass is 9.85. The molecule has 2 N–H and O–H groups in total. The van der Waals surface area contributed by atoms with E-state index in [1.807, 2.05) is 49.4 Å². The number of hydrogen-bond donors (Lipinski definition) is 2. The Bertz CT molecular complexity index is 1660. The Labute approximate surface area is 271 Å². The number of rotatable bonds is 8. The number of amides is 3. The third-order valence-corrected chi connectivity index (χ3v) is 9.39. The minimum atomic E-state index is -0.325. The summed E-state index contributed by atoms with van der Waals surface area (Å²) in [5.41, 5.74) is 5.71. The lowest BCUT2D eigenvalue weighted by molar-refractivity contribution is -0.136. The van der Waals surface area contributed by atoms with Crippen LogP contribution in [0.3, 0.4) is 0 Å². The number of carbonyl (C=O) groups is 2. The molecule has 240 valence electrons. The molecule has 2 unspecified atom stereocenters. The van der Waals surface area contributed by atoms with Crippen molar-refractivity contribution in [2.45, 2.75) is 90.1 Å². The minimum absolute atomic E-state index is 0.171. The molecule has 2 bridgehead atoms. The molecule has 0 spiro atoms. The molecule has 2 aliphatic heterocycles. The second kappa shape index (κ2) is 13.1. The number of hydrogen-bond acceptors (Lipinski definition) is 3. The number of aryl methyl sites for hydroxylation is 2. The number of nitrogens with one attached hydrogen (secondary N) is 2. The van der Waals surface area contributed by atoms with Crippen LogP contribution >= 0.6 is 0 Å². The molecule has 3 aromatic carbocycles. The van der Waals surface area contributed by atoms with Crippen LogP contribution in [0.15, 0.2) is 78.9 Å². The van der Waals surface area contributed by atoms with Gasteiger partial charge in [-0.1, -0.05) is 62.7 Å². The maximum Gasteiger partial charge on any atom is 0.324 e. The van der Waals surface area contributed by atoms with E-state index in [2.05, 4.69) is 48.4 Å². The first-order valence-electron chi connectivity index (χ1n) is 16.4. The second-order valence-corrected chi connectivity index (χ2v) is 14.0. The van der Waals surface area contributed by atoms with Gasteiger partial charge in [-0.05, 0) is 98.9 Å². The summed E-state index contributed by atoms with van der Waals surface area (Å²) < 4.78 is 15.0. The van der Waals surface area contributed by atoms with Crippen LogP contribution in [-0.2, 0) is 23.1 Å². The summed E-state index contributed by atoms with van der Waals surface area (Å²) in [6, 6.07) is 24.8. The summed E-state index contributed by atoms with van der Waals surface area (Å²) >= 11 is 0. The molecule has 4 aromatic rings. The van der Waals surface area contributed by atoms with Gasteiger partial charge in [0.05, 0.1) is 11.4 Å². The van der Waals surface area contributed by atoms with Gasteiger partial charge in [-0.15, -0.1) is 0 Å². The van der Waals surface area contributed by atoms with Crippen LogP contribution in [0.5, 0.6) is 0 Å². The summed E-state index contributed by atoms with van der Waals surface area (Å²) in [5.74, 6) is 1.11. The van der Waals surface area contributed by atoms with Crippen LogP contribution in [-0.4, -0.2) is 38.7 Å². The van der Waals surface area contributed by atoms with E-state index < -0.39 is 0 Å². The van der Waals surface area contributed by atoms with E-state index in [1.54, 1.807) is 16.8 Å². The van der Waals surface area contributed by atoms with E-state index in [4.69, 9.17) is 5.10 Å². The predicted molar refractivity (Wildman–Crippen MR) is 181 cm³/mol. The van der Waals surface area contributed by atoms with Gasteiger partial charge in [0.2, 0.25) is 5.91 Å². The van der Waals surface area contributed by atoms with Crippen molar-refractivity contribution in [2.24, 2.45) is 5.92 Å². The molecular weight excluding hydrogens is 577 g/mol. The van der Waals surface area contributed by atoms with Gasteiger partial charge in [-0.3, -0.25) is 10.1 Å². The quantitative estimate of drug-likeness (QED) is 0.208. The van der Waals surface area contributed by atoms with E-state index in [0.29, 0.717) is 36.7 Å². The molecule has 1 aromatic heterocycles. The first-order chi connectivity index (χ1) is 22.0. The molecule has 3 amide bonds. The van der Waals surface area contributed by atoms with Crippen molar-refractivity contribution in [3.05, 3.63) is 107 Å². The molecule has 0 aliphatic carbocycles. The highest BCUT2D eigenvalue weighted by atomic mass is 19.1. The zero-order valence-electron chi connectivity index (χ0n) is 27.2. The topological polar surface area (TPSA) is 79.3 Å². The molecular formula is C38H44FN5O2. The normalized spacial score (nSPS) is 19.2. The number of fused-ring (bicyclic) bond motifs is 2. The van der Waals surface area contributed by atoms with Gasteiger partial charge >= 0.3 is 6.03 Å². The second-order valence-electron chi connectivity index (χ2n) is 14.0. The third kappa shape index (κ3) is 7.33. The number of anilines is 2. The van der Waals surface area contributed by atoms with Crippen LogP contribution in [0.1, 0.15) is 75.3 Å². The van der Waals surface area contributed by atoms with Gasteiger partial charge in [0.15, 0.2) is 0 Å². The molecule has 8 heteroatoms. The van der Waals surface area contributed by atoms with Gasteiger partial charge < -0.3 is 10.2 Å². The van der Waals surface area contributed by atoms with E-state index in [9.17, 15) is 14.0 Å². The number of nitrogens with zero attached hydrogens (tertiary/aromatic N) is 3. The molecule has 7 nitrogen and oxygen atoms in total. The molecule has 2 aliphatic rings. The molecule has 0 radical (unpaired) electrons. The summed E-state index contributed by atoms with van der Waals surface area (Å²) in [5, 5.41) is 10.8. The van der Waals surface area contributed by atoms with Crippen molar-refractivity contribution in [2.75, 3.05) is 10.6 Å². The van der Waals surface area contributed by atoms with Crippen molar-refractivity contribution in [3.63, 3.8) is 0 Å². The van der Waals surface area contributed by atoms with Crippen molar-refractivity contribution in [1.29, 1.82) is 0 Å². The van der Waals surface area contributed by atoms with E-state index >= 15 is 0 Å². The first-order valence-corrected chi connectivity index (χ1v) is 16.4. The molecule has 2 atom stereocenters. The standard InChI is InChI=1S/C38H44FN5O2/c1-25-5-16-31(17-6-25)44-35(24-34(42-44)38(2,3)4)41-37(46)40-30-14-9-27(10-15-30)21-28-22-32-18-19-33(23-28)43(32)36(45)20-11-26-7-12-29(39)13-8-26/h5-10,12-17,24,28,32-33H,11,18-23H2,1-4H3,(H2,40,41,46). The highest BCUT2D eigenvalue weighted by Crippen LogP contribution is 2.40. The molecule has 6 rings (SSSR count). The SMILES string of the molecule is Cc1ccc(-n2nc(C(C)(C)C)cc2NC(=O)Nc2ccc(CC3CC4CCC(C3)N4C(=O)CCc3ccc(F)cc3)cc2)cc1. The fourth-order valence-electron chi connectivity index (χ4n) is 6.95. The number of carbonyl (C=O) groups excluding carboxylic acids is 2. The summed E-state index contributed by atoms with van der Waals surface area (Å²) in [6.07, 6.45) is 6.26. The van der Waals surface area contributed by atoms with Crippen LogP contribution in [0.2, 0.25) is 0 Å². The van der Waals surface area contributed by atoms with Crippen molar-refractivity contribution >= 4 is 23.4 Å². The van der Waals surface area contributed by atoms with E-state index in [1.165, 1.54) is 17.7 Å². The minimum Gasteiger partial charge on any atom is -0.337 e. The highest BCUT2D eigenvalue weighted by Gasteiger charge is 2.42. The number of urea groups is 1. The lowest BCUT2D eigenvalue weighted by Gasteiger charge is -2.39. The highest BCUT2D eigenvalue weighted by molar-refractivity contribution is 5.99. The zero-order chi connectivity index (χ0) is 32.4. The maximum atomic E-state index is 13.2. The van der Waals surface area contributed by atoms with Crippen molar-refractivity contribution in [3.8, 4) is 5.69 Å². The number of aromatic nitrogens is 2. The Kier molecular flexibility index (Phi) is 8.98. The van der Waals surface area contributed by atoms with Gasteiger partial charge in [-0.25, -0.2) is 13.9 Å². The van der Waals surface area contributed by atoms with Crippen molar-refractivity contribution in [1.82, 2.24) is 14.7 Å². The third-order valence-electron chi connectivity index (χ3n) is 9.39. The maximum absolute atomic E-state index is 13.2. The Morgan fingerprint density at radius 2 is 1.50 bits per heavy atom. The largest absolute Gasteiger partial charge is 0.337 e. The zero-order valence-corrected chi connectivity index (χ0v) is 27.2. The van der Waals surface area contributed by atoms with Crippen LogP contribution in [0, 0.1) is 18.7 Å². The first kappa shape index (κ1) is 31.5.